The number of nitrogens with zero attached hydrogens (tertiary/aromatic N) is 4. The molecule has 0 aliphatic carbocycles. The first kappa shape index (κ1) is 13.5. The van der Waals surface area contributed by atoms with Gasteiger partial charge in [0.2, 0.25) is 0 Å². The second-order valence-electron chi connectivity index (χ2n) is 4.71. The Morgan fingerprint density at radius 3 is 3.00 bits per heavy atom. The van der Waals surface area contributed by atoms with Gasteiger partial charge in [0.25, 0.3) is 0 Å². The normalized spacial score (nSPS) is 12.5. The van der Waals surface area contributed by atoms with E-state index in [4.69, 9.17) is 4.74 Å². The van der Waals surface area contributed by atoms with Crippen molar-refractivity contribution < 1.29 is 9.84 Å². The molecule has 0 radical (unpaired) electrons. The number of rotatable bonds is 5. The minimum Gasteiger partial charge on any atom is -0.492 e. The highest BCUT2D eigenvalue weighted by Crippen LogP contribution is 2.26. The highest BCUT2D eigenvalue weighted by atomic mass is 16.5. The molecule has 0 bridgehead atoms. The summed E-state index contributed by atoms with van der Waals surface area (Å²) in [7, 11) is 0. The van der Waals surface area contributed by atoms with Gasteiger partial charge in [0.05, 0.1) is 30.7 Å². The number of aromatic nitrogens is 4. The Kier molecular flexibility index (Phi) is 3.79. The largest absolute Gasteiger partial charge is 0.492 e. The maximum Gasteiger partial charge on any atom is 0.137 e. The molecule has 21 heavy (non-hydrogen) atoms. The first-order valence-electron chi connectivity index (χ1n) is 6.82. The van der Waals surface area contributed by atoms with Crippen molar-refractivity contribution in [1.29, 1.82) is 0 Å². The molecule has 0 aliphatic rings. The molecular formula is C15H16N4O2. The van der Waals surface area contributed by atoms with Crippen molar-refractivity contribution in [2.45, 2.75) is 19.4 Å². The molecule has 0 saturated carbocycles. The fraction of sp³-hybridized carbons (Fsp3) is 0.267. The Labute approximate surface area is 122 Å². The van der Waals surface area contributed by atoms with Gasteiger partial charge in [-0.3, -0.25) is 9.97 Å². The monoisotopic (exact) mass is 284 g/mol. The highest BCUT2D eigenvalue weighted by Gasteiger charge is 2.16. The number of hydrogen-bond donors (Lipinski definition) is 1. The lowest BCUT2D eigenvalue weighted by atomic mass is 10.1. The molecule has 1 unspecified atom stereocenters. The van der Waals surface area contributed by atoms with Crippen molar-refractivity contribution in [2.24, 2.45) is 0 Å². The molecule has 0 aliphatic heterocycles. The SMILES string of the molecule is CCCOc1cncc(C(O)c2cnn3ccncc23)c1. The zero-order valence-electron chi connectivity index (χ0n) is 11.7. The number of ether oxygens (including phenoxy) is 1. The zero-order valence-corrected chi connectivity index (χ0v) is 11.7. The van der Waals surface area contributed by atoms with E-state index in [0.717, 1.165) is 11.9 Å². The lowest BCUT2D eigenvalue weighted by molar-refractivity contribution is 0.220. The van der Waals surface area contributed by atoms with E-state index in [0.29, 0.717) is 23.5 Å². The van der Waals surface area contributed by atoms with E-state index in [1.165, 1.54) is 0 Å². The fourth-order valence-corrected chi connectivity index (χ4v) is 2.13. The predicted octanol–water partition coefficient (Wildman–Crippen LogP) is 1.99. The smallest absolute Gasteiger partial charge is 0.137 e. The third-order valence-corrected chi connectivity index (χ3v) is 3.17. The van der Waals surface area contributed by atoms with Crippen LogP contribution >= 0.6 is 0 Å². The molecule has 3 rings (SSSR count). The molecule has 0 fully saturated rings. The topological polar surface area (TPSA) is 72.5 Å². The molecule has 3 aromatic heterocycles. The Balaban J connectivity index is 1.92. The summed E-state index contributed by atoms with van der Waals surface area (Å²) < 4.78 is 7.22. The van der Waals surface area contributed by atoms with Gasteiger partial charge in [-0.15, -0.1) is 0 Å². The van der Waals surface area contributed by atoms with Crippen molar-refractivity contribution >= 4 is 5.52 Å². The van der Waals surface area contributed by atoms with Crippen molar-refractivity contribution in [3.05, 3.63) is 54.4 Å². The average molecular weight is 284 g/mol. The van der Waals surface area contributed by atoms with E-state index in [2.05, 4.69) is 15.1 Å². The fourth-order valence-electron chi connectivity index (χ4n) is 2.13. The maximum atomic E-state index is 10.6. The van der Waals surface area contributed by atoms with Gasteiger partial charge >= 0.3 is 0 Å². The van der Waals surface area contributed by atoms with Crippen LogP contribution < -0.4 is 4.74 Å². The number of pyridine rings is 1. The van der Waals surface area contributed by atoms with Gasteiger partial charge in [0.15, 0.2) is 0 Å². The molecule has 0 aromatic carbocycles. The lowest BCUT2D eigenvalue weighted by Gasteiger charge is -2.11. The number of fused-ring (bicyclic) bond motifs is 1. The van der Waals surface area contributed by atoms with E-state index in [1.807, 2.05) is 6.92 Å². The van der Waals surface area contributed by atoms with Crippen LogP contribution in [-0.4, -0.2) is 31.3 Å². The molecule has 6 nitrogen and oxygen atoms in total. The Morgan fingerprint density at radius 2 is 2.14 bits per heavy atom. The van der Waals surface area contributed by atoms with Crippen molar-refractivity contribution in [1.82, 2.24) is 19.6 Å². The van der Waals surface area contributed by atoms with E-state index in [1.54, 1.807) is 47.8 Å². The molecule has 0 spiro atoms. The molecule has 0 saturated heterocycles. The summed E-state index contributed by atoms with van der Waals surface area (Å²) in [6.07, 6.45) is 10.1. The molecule has 3 aromatic rings. The summed E-state index contributed by atoms with van der Waals surface area (Å²) in [5.41, 5.74) is 2.13. The predicted molar refractivity (Wildman–Crippen MR) is 77.1 cm³/mol. The Hall–Kier alpha value is -2.47. The third-order valence-electron chi connectivity index (χ3n) is 3.17. The van der Waals surface area contributed by atoms with E-state index >= 15 is 0 Å². The molecule has 1 N–H and O–H groups in total. The molecule has 3 heterocycles. The van der Waals surface area contributed by atoms with Gasteiger partial charge in [-0.1, -0.05) is 6.92 Å². The van der Waals surface area contributed by atoms with Gasteiger partial charge in [-0.05, 0) is 12.5 Å². The number of aliphatic hydroxyl groups is 1. The summed E-state index contributed by atoms with van der Waals surface area (Å²) in [5, 5.41) is 14.8. The van der Waals surface area contributed by atoms with Crippen LogP contribution in [0.1, 0.15) is 30.6 Å². The standard InChI is InChI=1S/C15H16N4O2/c1-2-5-21-12-6-11(7-17-8-12)15(20)13-9-18-19-4-3-16-10-14(13)19/h3-4,6-10,15,20H,2,5H2,1H3. The van der Waals surface area contributed by atoms with Crippen LogP contribution in [0.5, 0.6) is 5.75 Å². The van der Waals surface area contributed by atoms with Crippen LogP contribution in [0.25, 0.3) is 5.52 Å². The van der Waals surface area contributed by atoms with Crippen LogP contribution in [0.2, 0.25) is 0 Å². The highest BCUT2D eigenvalue weighted by molar-refractivity contribution is 5.54. The first-order chi connectivity index (χ1) is 10.3. The molecule has 1 atom stereocenters. The first-order valence-corrected chi connectivity index (χ1v) is 6.82. The Morgan fingerprint density at radius 1 is 1.24 bits per heavy atom. The van der Waals surface area contributed by atoms with Gasteiger partial charge < -0.3 is 9.84 Å². The molecule has 0 amide bonds. The van der Waals surface area contributed by atoms with Crippen LogP contribution in [0, 0.1) is 0 Å². The zero-order chi connectivity index (χ0) is 14.7. The van der Waals surface area contributed by atoms with Crippen LogP contribution in [-0.2, 0) is 0 Å². The average Bonchev–Trinajstić information content (AvgIpc) is 2.96. The van der Waals surface area contributed by atoms with Gasteiger partial charge in [0, 0.05) is 29.7 Å². The maximum absolute atomic E-state index is 10.6. The third kappa shape index (κ3) is 2.71. The summed E-state index contributed by atoms with van der Waals surface area (Å²) in [4.78, 5) is 8.19. The van der Waals surface area contributed by atoms with Crippen LogP contribution in [0.15, 0.2) is 43.2 Å². The minimum atomic E-state index is -0.815. The van der Waals surface area contributed by atoms with E-state index in [-0.39, 0.29) is 0 Å². The summed E-state index contributed by atoms with van der Waals surface area (Å²) in [6, 6.07) is 1.80. The van der Waals surface area contributed by atoms with Gasteiger partial charge in [-0.25, -0.2) is 4.52 Å². The van der Waals surface area contributed by atoms with Crippen LogP contribution in [0.4, 0.5) is 0 Å². The second-order valence-corrected chi connectivity index (χ2v) is 4.71. The van der Waals surface area contributed by atoms with Crippen LogP contribution in [0.3, 0.4) is 0 Å². The van der Waals surface area contributed by atoms with Gasteiger partial charge in [0.1, 0.15) is 11.9 Å². The number of hydrogen-bond acceptors (Lipinski definition) is 5. The molecule has 108 valence electrons. The molecular weight excluding hydrogens is 268 g/mol. The Bertz CT molecular complexity index is 741. The summed E-state index contributed by atoms with van der Waals surface area (Å²) in [6.45, 7) is 2.67. The van der Waals surface area contributed by atoms with E-state index < -0.39 is 6.10 Å². The second kappa shape index (κ2) is 5.88. The quantitative estimate of drug-likeness (QED) is 0.775. The van der Waals surface area contributed by atoms with Crippen molar-refractivity contribution in [3.8, 4) is 5.75 Å². The van der Waals surface area contributed by atoms with E-state index in [9.17, 15) is 5.11 Å². The summed E-state index contributed by atoms with van der Waals surface area (Å²) in [5.74, 6) is 0.656. The lowest BCUT2D eigenvalue weighted by Crippen LogP contribution is -2.02. The number of aliphatic hydroxyl groups excluding tert-OH is 1. The minimum absolute atomic E-state index is 0.627. The molecule has 6 heteroatoms. The van der Waals surface area contributed by atoms with Crippen molar-refractivity contribution in [2.75, 3.05) is 6.61 Å². The van der Waals surface area contributed by atoms with Gasteiger partial charge in [-0.2, -0.15) is 5.10 Å². The van der Waals surface area contributed by atoms with Crippen molar-refractivity contribution in [3.63, 3.8) is 0 Å². The summed E-state index contributed by atoms with van der Waals surface area (Å²) >= 11 is 0.